The van der Waals surface area contributed by atoms with Gasteiger partial charge in [0.15, 0.2) is 0 Å². The highest BCUT2D eigenvalue weighted by atomic mass is 16.6. The Morgan fingerprint density at radius 1 is 0.500 bits per heavy atom. The van der Waals surface area contributed by atoms with Gasteiger partial charge in [0, 0.05) is 36.5 Å². The first-order valence-corrected chi connectivity index (χ1v) is 10.1. The van der Waals surface area contributed by atoms with Gasteiger partial charge < -0.3 is 19.7 Å². The summed E-state index contributed by atoms with van der Waals surface area (Å²) in [6.07, 6.45) is 0. The van der Waals surface area contributed by atoms with Crippen molar-refractivity contribution in [2.75, 3.05) is 14.2 Å². The molecule has 0 amide bonds. The van der Waals surface area contributed by atoms with Crippen LogP contribution in [0.4, 0.5) is 0 Å². The summed E-state index contributed by atoms with van der Waals surface area (Å²) in [5.74, 6) is -9.59. The predicted molar refractivity (Wildman–Crippen MR) is 121 cm³/mol. The van der Waals surface area contributed by atoms with E-state index in [9.17, 15) is 29.4 Å². The second kappa shape index (κ2) is 9.98. The number of carbonyl (C=O) groups is 4. The summed E-state index contributed by atoms with van der Waals surface area (Å²) in [6, 6.07) is 20.0. The van der Waals surface area contributed by atoms with Crippen molar-refractivity contribution in [1.29, 1.82) is 0 Å². The highest BCUT2D eigenvalue weighted by Gasteiger charge is 2.47. The lowest BCUT2D eigenvalue weighted by molar-refractivity contribution is -0.114. The van der Waals surface area contributed by atoms with Crippen LogP contribution in [0.5, 0.6) is 0 Å². The third-order valence-electron chi connectivity index (χ3n) is 5.30. The molecule has 0 aliphatic carbocycles. The standard InChI is InChI=1S/C26H22O8/c1-33-25(31,21(27)17-9-5-3-6-10-17)23(29)19-13-15-20(16-14-19)24(30)26(32,34-2)22(28)18-11-7-4-8-12-18/h3-16,31-32H,1-2H3. The van der Waals surface area contributed by atoms with Crippen molar-refractivity contribution >= 4 is 23.1 Å². The molecular formula is C26H22O8. The molecule has 2 unspecified atom stereocenters. The van der Waals surface area contributed by atoms with Gasteiger partial charge in [-0.2, -0.15) is 0 Å². The molecule has 3 aromatic carbocycles. The van der Waals surface area contributed by atoms with Crippen LogP contribution in [0.15, 0.2) is 84.9 Å². The first-order valence-electron chi connectivity index (χ1n) is 10.1. The molecule has 3 rings (SSSR count). The van der Waals surface area contributed by atoms with Crippen LogP contribution >= 0.6 is 0 Å². The average molecular weight is 462 g/mol. The second-order valence-electron chi connectivity index (χ2n) is 7.32. The van der Waals surface area contributed by atoms with Crippen molar-refractivity contribution in [3.05, 3.63) is 107 Å². The Morgan fingerprint density at radius 3 is 0.971 bits per heavy atom. The van der Waals surface area contributed by atoms with E-state index < -0.39 is 34.7 Å². The lowest BCUT2D eigenvalue weighted by atomic mass is 9.92. The Labute approximate surface area is 195 Å². The van der Waals surface area contributed by atoms with Crippen LogP contribution in [-0.2, 0) is 9.47 Å². The van der Waals surface area contributed by atoms with Crippen LogP contribution < -0.4 is 0 Å². The summed E-state index contributed by atoms with van der Waals surface area (Å²) in [6.45, 7) is 0. The maximum Gasteiger partial charge on any atom is 0.297 e. The summed E-state index contributed by atoms with van der Waals surface area (Å²) in [7, 11) is 2.04. The number of methoxy groups -OCH3 is 2. The molecule has 8 heteroatoms. The van der Waals surface area contributed by atoms with Crippen LogP contribution in [-0.4, -0.2) is 59.1 Å². The number of benzene rings is 3. The smallest absolute Gasteiger partial charge is 0.297 e. The number of Topliss-reactive ketones (excluding diaryl/α,β-unsaturated/α-hetero) is 4. The van der Waals surface area contributed by atoms with Crippen LogP contribution in [0.3, 0.4) is 0 Å². The zero-order chi connectivity index (χ0) is 24.9. The minimum atomic E-state index is -2.79. The Kier molecular flexibility index (Phi) is 7.29. The Balaban J connectivity index is 1.88. The molecular weight excluding hydrogens is 440 g/mol. The van der Waals surface area contributed by atoms with Gasteiger partial charge in [-0.1, -0.05) is 84.9 Å². The van der Waals surface area contributed by atoms with Crippen LogP contribution in [0.2, 0.25) is 0 Å². The van der Waals surface area contributed by atoms with Gasteiger partial charge in [0.1, 0.15) is 0 Å². The SMILES string of the molecule is COC(O)(C(=O)c1ccccc1)C(=O)c1ccc(C(=O)C(O)(OC)C(=O)c2ccccc2)cc1. The summed E-state index contributed by atoms with van der Waals surface area (Å²) in [5.41, 5.74) is -0.144. The van der Waals surface area contributed by atoms with E-state index in [1.165, 1.54) is 48.5 Å². The summed E-state index contributed by atoms with van der Waals surface area (Å²) in [4.78, 5) is 51.3. The lowest BCUT2D eigenvalue weighted by Crippen LogP contribution is -2.49. The highest BCUT2D eigenvalue weighted by Crippen LogP contribution is 2.24. The van der Waals surface area contributed by atoms with E-state index in [1.807, 2.05) is 0 Å². The molecule has 0 bridgehead atoms. The van der Waals surface area contributed by atoms with Crippen molar-refractivity contribution in [1.82, 2.24) is 0 Å². The quantitative estimate of drug-likeness (QED) is 0.267. The Hall–Kier alpha value is -3.82. The molecule has 8 nitrogen and oxygen atoms in total. The summed E-state index contributed by atoms with van der Waals surface area (Å²) in [5, 5.41) is 21.4. The van der Waals surface area contributed by atoms with Gasteiger partial charge in [0.05, 0.1) is 0 Å². The molecule has 0 aliphatic heterocycles. The fourth-order valence-corrected chi connectivity index (χ4v) is 3.31. The van der Waals surface area contributed by atoms with Gasteiger partial charge in [-0.05, 0) is 0 Å². The first-order chi connectivity index (χ1) is 16.2. The minimum absolute atomic E-state index is 0.0663. The molecule has 0 saturated heterocycles. The van der Waals surface area contributed by atoms with E-state index in [0.29, 0.717) is 0 Å². The maximum absolute atomic E-state index is 12.9. The number of rotatable bonds is 10. The van der Waals surface area contributed by atoms with Crippen LogP contribution in [0.25, 0.3) is 0 Å². The van der Waals surface area contributed by atoms with E-state index in [1.54, 1.807) is 36.4 Å². The number of ether oxygens (including phenoxy) is 2. The molecule has 0 aliphatic rings. The van der Waals surface area contributed by atoms with E-state index in [2.05, 4.69) is 0 Å². The van der Waals surface area contributed by atoms with Crippen LogP contribution in [0.1, 0.15) is 41.4 Å². The minimum Gasteiger partial charge on any atom is -0.353 e. The predicted octanol–water partition coefficient (Wildman–Crippen LogP) is 2.49. The zero-order valence-corrected chi connectivity index (χ0v) is 18.4. The molecule has 34 heavy (non-hydrogen) atoms. The fourth-order valence-electron chi connectivity index (χ4n) is 3.31. The summed E-state index contributed by atoms with van der Waals surface area (Å²) >= 11 is 0. The van der Waals surface area contributed by atoms with Gasteiger partial charge in [0.2, 0.25) is 23.1 Å². The average Bonchev–Trinajstić information content (AvgIpc) is 2.91. The van der Waals surface area contributed by atoms with Crippen molar-refractivity contribution in [3.8, 4) is 0 Å². The zero-order valence-electron chi connectivity index (χ0n) is 18.4. The number of carbonyl (C=O) groups excluding carboxylic acids is 4. The number of ketones is 4. The first kappa shape index (κ1) is 24.8. The topological polar surface area (TPSA) is 127 Å². The van der Waals surface area contributed by atoms with E-state index in [-0.39, 0.29) is 22.3 Å². The van der Waals surface area contributed by atoms with Crippen molar-refractivity contribution in [3.63, 3.8) is 0 Å². The molecule has 174 valence electrons. The largest absolute Gasteiger partial charge is 0.353 e. The van der Waals surface area contributed by atoms with Gasteiger partial charge in [0.25, 0.3) is 11.6 Å². The number of hydrogen-bond donors (Lipinski definition) is 2. The van der Waals surface area contributed by atoms with Crippen molar-refractivity contribution < 1.29 is 38.9 Å². The molecule has 0 heterocycles. The number of aliphatic hydroxyl groups is 2. The van der Waals surface area contributed by atoms with Crippen molar-refractivity contribution in [2.24, 2.45) is 0 Å². The molecule has 0 aromatic heterocycles. The van der Waals surface area contributed by atoms with E-state index in [4.69, 9.17) is 9.47 Å². The van der Waals surface area contributed by atoms with E-state index in [0.717, 1.165) is 14.2 Å². The molecule has 0 fully saturated rings. The van der Waals surface area contributed by atoms with Crippen molar-refractivity contribution in [2.45, 2.75) is 11.6 Å². The third kappa shape index (κ3) is 4.48. The van der Waals surface area contributed by atoms with Gasteiger partial charge in [-0.25, -0.2) is 0 Å². The molecule has 3 aromatic rings. The maximum atomic E-state index is 12.9. The summed E-state index contributed by atoms with van der Waals surface area (Å²) < 4.78 is 9.77. The fraction of sp³-hybridized carbons (Fsp3) is 0.154. The third-order valence-corrected chi connectivity index (χ3v) is 5.30. The van der Waals surface area contributed by atoms with E-state index >= 15 is 0 Å². The Bertz CT molecular complexity index is 1110. The highest BCUT2D eigenvalue weighted by molar-refractivity contribution is 6.22. The molecule has 2 atom stereocenters. The molecule has 0 radical (unpaired) electrons. The normalized spacial score (nSPS) is 14.5. The number of hydrogen-bond acceptors (Lipinski definition) is 8. The van der Waals surface area contributed by atoms with Gasteiger partial charge in [-0.3, -0.25) is 19.2 Å². The van der Waals surface area contributed by atoms with Gasteiger partial charge in [-0.15, -0.1) is 0 Å². The molecule has 0 spiro atoms. The second-order valence-corrected chi connectivity index (χ2v) is 7.32. The Morgan fingerprint density at radius 2 is 0.735 bits per heavy atom. The monoisotopic (exact) mass is 462 g/mol. The molecule has 2 N–H and O–H groups in total. The van der Waals surface area contributed by atoms with Crippen LogP contribution in [0, 0.1) is 0 Å². The lowest BCUT2D eigenvalue weighted by Gasteiger charge is -2.24. The molecule has 0 saturated carbocycles. The van der Waals surface area contributed by atoms with Gasteiger partial charge >= 0.3 is 0 Å².